The maximum atomic E-state index is 12.4. The molecular weight excluding hydrogens is 795 g/mol. The molecule has 0 atom stereocenters. The highest BCUT2D eigenvalue weighted by Crippen LogP contribution is 2.48. The van der Waals surface area contributed by atoms with Crippen LogP contribution in [0, 0.1) is 12.3 Å². The molecule has 60 heavy (non-hydrogen) atoms. The predicted octanol–water partition coefficient (Wildman–Crippen LogP) is 8.80. The zero-order valence-corrected chi connectivity index (χ0v) is 38.5. The molecule has 324 valence electrons. The van der Waals surface area contributed by atoms with Gasteiger partial charge in [0.05, 0.1) is 20.4 Å². The van der Waals surface area contributed by atoms with Crippen LogP contribution in [0.5, 0.6) is 0 Å². The fourth-order valence-electron chi connectivity index (χ4n) is 8.31. The van der Waals surface area contributed by atoms with E-state index in [-0.39, 0.29) is 22.5 Å². The number of allylic oxidation sites excluding steroid dienone is 6. The minimum atomic E-state index is -4.65. The van der Waals surface area contributed by atoms with Crippen LogP contribution in [0.4, 0.5) is 11.4 Å². The van der Waals surface area contributed by atoms with Gasteiger partial charge in [-0.15, -0.1) is 0 Å². The van der Waals surface area contributed by atoms with E-state index in [2.05, 4.69) is 117 Å². The summed E-state index contributed by atoms with van der Waals surface area (Å²) in [4.78, 5) is 14.3. The first-order chi connectivity index (χ1) is 27.9. The lowest BCUT2D eigenvalue weighted by molar-refractivity contribution is -0.697. The molecule has 0 saturated heterocycles. The summed E-state index contributed by atoms with van der Waals surface area (Å²) < 4.78 is 75.5. The van der Waals surface area contributed by atoms with Gasteiger partial charge in [-0.05, 0) is 87.1 Å². The highest BCUT2D eigenvalue weighted by Gasteiger charge is 2.45. The van der Waals surface area contributed by atoms with E-state index < -0.39 is 36.8 Å². The van der Waals surface area contributed by atoms with Crippen molar-refractivity contribution in [2.24, 2.45) is 5.41 Å². The fraction of sp³-hybridized carbons (Fsp3) is 0.479. The molecule has 2 aliphatic heterocycles. The Labute approximate surface area is 358 Å². The summed E-state index contributed by atoms with van der Waals surface area (Å²) in [5.41, 5.74) is 7.37. The molecule has 0 bridgehead atoms. The molecule has 0 radical (unpaired) electrons. The van der Waals surface area contributed by atoms with Gasteiger partial charge < -0.3 is 14.0 Å². The number of pyridine rings is 1. The summed E-state index contributed by atoms with van der Waals surface area (Å²) in [7, 11) is -9.03. The van der Waals surface area contributed by atoms with Gasteiger partial charge in [0.25, 0.3) is 0 Å². The standard InChI is InChI=1S/C48H63N3O7S2/c1-10-11-28-50-42-22-20-38(60(56,57)58)34-40(42)48(8,9)44(50)24-19-36(37-25-30-49(31-26-37)27-14-12-13-16-45(52)46(3,4)5)18-23-43-47(6,7)39-33-35(2)17-21-41(39)51(43)29-15-32-59(53,54)55/h17-26,30-31,33-34H,10-16,27-29,32H2,1-9H3. The summed E-state index contributed by atoms with van der Waals surface area (Å²) in [6.45, 7) is 20.4. The van der Waals surface area contributed by atoms with Gasteiger partial charge in [-0.3, -0.25) is 4.79 Å². The minimum absolute atomic E-state index is 0.186. The van der Waals surface area contributed by atoms with Crippen LogP contribution < -0.4 is 9.47 Å². The van der Waals surface area contributed by atoms with Gasteiger partial charge in [-0.2, -0.15) is 4.58 Å². The third kappa shape index (κ3) is 11.0. The van der Waals surface area contributed by atoms with Crippen molar-refractivity contribution in [3.05, 3.63) is 113 Å². The molecule has 5 rings (SSSR count). The number of ketones is 1. The average Bonchev–Trinajstić information content (AvgIpc) is 3.50. The van der Waals surface area contributed by atoms with Crippen LogP contribution in [0.15, 0.2) is 95.8 Å². The number of aromatic nitrogens is 1. The van der Waals surface area contributed by atoms with E-state index in [0.29, 0.717) is 13.0 Å². The summed E-state index contributed by atoms with van der Waals surface area (Å²) in [5.74, 6) is -0.161. The third-order valence-electron chi connectivity index (χ3n) is 11.9. The Morgan fingerprint density at radius 1 is 0.833 bits per heavy atom. The lowest BCUT2D eigenvalue weighted by Crippen LogP contribution is -2.32. The molecule has 0 N–H and O–H groups in total. The van der Waals surface area contributed by atoms with Crippen LogP contribution in [-0.2, 0) is 42.4 Å². The lowest BCUT2D eigenvalue weighted by atomic mass is 9.81. The Morgan fingerprint density at radius 2 is 1.53 bits per heavy atom. The van der Waals surface area contributed by atoms with Crippen LogP contribution in [0.2, 0.25) is 0 Å². The Morgan fingerprint density at radius 3 is 2.17 bits per heavy atom. The van der Waals surface area contributed by atoms with Crippen LogP contribution in [-0.4, -0.2) is 60.9 Å². The number of Topliss-reactive ketones (excluding diaryl/α,β-unsaturated/α-hetero) is 1. The van der Waals surface area contributed by atoms with E-state index in [0.717, 1.165) is 95.8 Å². The van der Waals surface area contributed by atoms with Crippen LogP contribution >= 0.6 is 0 Å². The molecule has 10 nitrogen and oxygen atoms in total. The van der Waals surface area contributed by atoms with Crippen molar-refractivity contribution < 1.29 is 39.9 Å². The van der Waals surface area contributed by atoms with Gasteiger partial charge in [0.2, 0.25) is 5.69 Å². The highest BCUT2D eigenvalue weighted by molar-refractivity contribution is 7.86. The Bertz CT molecular complexity index is 2430. The average molecular weight is 858 g/mol. The van der Waals surface area contributed by atoms with Gasteiger partial charge in [0, 0.05) is 83.6 Å². The van der Waals surface area contributed by atoms with Crippen molar-refractivity contribution in [3.8, 4) is 0 Å². The monoisotopic (exact) mass is 857 g/mol. The van der Waals surface area contributed by atoms with E-state index >= 15 is 0 Å². The third-order valence-corrected chi connectivity index (χ3v) is 13.6. The number of carbonyl (C=O) groups is 1. The number of unbranched alkanes of at least 4 members (excludes halogenated alkanes) is 3. The topological polar surface area (TPSA) is 142 Å². The molecule has 0 amide bonds. The lowest BCUT2D eigenvalue weighted by Gasteiger charge is -2.27. The second-order valence-electron chi connectivity index (χ2n) is 18.4. The molecule has 0 saturated carbocycles. The summed E-state index contributed by atoms with van der Waals surface area (Å²) in [5, 5.41) is 0. The second kappa shape index (κ2) is 18.4. The Hall–Kier alpha value is -4.23. The van der Waals surface area contributed by atoms with Crippen molar-refractivity contribution in [2.45, 2.75) is 130 Å². The van der Waals surface area contributed by atoms with Crippen LogP contribution in [0.3, 0.4) is 0 Å². The smallest absolute Gasteiger partial charge is 0.209 e. The Balaban J connectivity index is 1.56. The largest absolute Gasteiger partial charge is 0.748 e. The van der Waals surface area contributed by atoms with E-state index in [1.807, 2.05) is 26.8 Å². The van der Waals surface area contributed by atoms with Crippen molar-refractivity contribution >= 4 is 48.7 Å². The van der Waals surface area contributed by atoms with Crippen molar-refractivity contribution in [1.82, 2.24) is 0 Å². The Kier molecular flexibility index (Phi) is 14.4. The number of aryl methyl sites for hydroxylation is 2. The molecule has 2 aliphatic rings. The molecule has 0 fully saturated rings. The van der Waals surface area contributed by atoms with Gasteiger partial charge in [0.1, 0.15) is 29.0 Å². The van der Waals surface area contributed by atoms with Crippen LogP contribution in [0.1, 0.15) is 123 Å². The minimum Gasteiger partial charge on any atom is -0.748 e. The molecule has 3 aromatic rings. The molecule has 12 heteroatoms. The number of anilines is 1. The number of fused-ring (bicyclic) bond motifs is 2. The second-order valence-corrected chi connectivity index (χ2v) is 21.3. The summed E-state index contributed by atoms with van der Waals surface area (Å²) in [6, 6.07) is 15.1. The molecule has 3 heterocycles. The summed E-state index contributed by atoms with van der Waals surface area (Å²) >= 11 is 0. The van der Waals surface area contributed by atoms with Gasteiger partial charge in [-0.1, -0.05) is 71.7 Å². The fourth-order valence-corrected chi connectivity index (χ4v) is 9.29. The van der Waals surface area contributed by atoms with E-state index in [1.54, 1.807) is 6.07 Å². The van der Waals surface area contributed by atoms with Crippen LogP contribution in [0.25, 0.3) is 5.57 Å². The van der Waals surface area contributed by atoms with Gasteiger partial charge in [0.15, 0.2) is 18.1 Å². The van der Waals surface area contributed by atoms with E-state index in [1.165, 1.54) is 12.1 Å². The number of carbonyl (C=O) groups excluding carboxylic acids is 1. The van der Waals surface area contributed by atoms with Gasteiger partial charge >= 0.3 is 0 Å². The number of benzene rings is 2. The first kappa shape index (κ1) is 46.8. The molecule has 2 aromatic carbocycles. The zero-order chi connectivity index (χ0) is 44.3. The quantitative estimate of drug-likeness (QED) is 0.0535. The molecule has 1 aromatic heterocycles. The number of hydrogen-bond donors (Lipinski definition) is 0. The molecule has 0 unspecified atom stereocenters. The van der Waals surface area contributed by atoms with Crippen molar-refractivity contribution in [2.75, 3.05) is 23.7 Å². The first-order valence-electron chi connectivity index (χ1n) is 21.2. The predicted molar refractivity (Wildman–Crippen MR) is 238 cm³/mol. The van der Waals surface area contributed by atoms with Crippen molar-refractivity contribution in [3.63, 3.8) is 0 Å². The molecule has 0 spiro atoms. The normalized spacial score (nSPS) is 17.2. The van der Waals surface area contributed by atoms with E-state index in [4.69, 9.17) is 0 Å². The molecule has 0 aliphatic carbocycles. The van der Waals surface area contributed by atoms with E-state index in [9.17, 15) is 30.7 Å². The maximum absolute atomic E-state index is 12.4. The first-order valence-corrected chi connectivity index (χ1v) is 24.1. The molecular formula is C48H63N3O7S2. The zero-order valence-electron chi connectivity index (χ0n) is 36.9. The number of hydrogen-bond acceptors (Lipinski definition) is 8. The van der Waals surface area contributed by atoms with Crippen molar-refractivity contribution in [1.29, 1.82) is 0 Å². The SMILES string of the molecule is CCCC[N+]1=C(C=CC(=CC=C2N(CCCS(=O)(=O)[O-])c3ccc(C)cc3C2(C)C)c2cc[n+](CCCCCC(=O)C(C)(C)C)cc2)C(C)(C)c2cc(S(=O)(=O)[O-])ccc21. The van der Waals surface area contributed by atoms with Gasteiger partial charge in [-0.25, -0.2) is 21.4 Å². The highest BCUT2D eigenvalue weighted by atomic mass is 32.2. The number of rotatable bonds is 18. The number of nitrogens with zero attached hydrogens (tertiary/aromatic N) is 3. The summed E-state index contributed by atoms with van der Waals surface area (Å²) in [6.07, 6.45) is 17.9. The maximum Gasteiger partial charge on any atom is 0.209 e.